The molecule has 20 heavy (non-hydrogen) atoms. The molecule has 0 atom stereocenters. The zero-order chi connectivity index (χ0) is 14.8. The van der Waals surface area contributed by atoms with Crippen molar-refractivity contribution in [2.75, 3.05) is 47.1 Å². The Balaban J connectivity index is 2.26. The predicted molar refractivity (Wildman–Crippen MR) is 84.0 cm³/mol. The van der Waals surface area contributed by atoms with Crippen LogP contribution >= 0.6 is 0 Å². The van der Waals surface area contributed by atoms with Gasteiger partial charge in [-0.3, -0.25) is 4.90 Å². The van der Waals surface area contributed by atoms with Crippen molar-refractivity contribution in [2.45, 2.75) is 51.0 Å². The number of nitrogens with zero attached hydrogens (tertiary/aromatic N) is 1. The molecule has 1 rings (SSSR count). The van der Waals surface area contributed by atoms with Crippen LogP contribution in [0.15, 0.2) is 0 Å². The van der Waals surface area contributed by atoms with Gasteiger partial charge in [-0.1, -0.05) is 13.3 Å². The molecule has 4 heteroatoms. The van der Waals surface area contributed by atoms with Gasteiger partial charge in [-0.2, -0.15) is 0 Å². The molecule has 0 saturated heterocycles. The number of hydrogen-bond acceptors (Lipinski definition) is 4. The fraction of sp³-hybridized carbons (Fsp3) is 1.00. The summed E-state index contributed by atoms with van der Waals surface area (Å²) in [6, 6.07) is 0. The molecule has 1 fully saturated rings. The van der Waals surface area contributed by atoms with Gasteiger partial charge >= 0.3 is 0 Å². The number of methoxy groups -OCH3 is 1. The summed E-state index contributed by atoms with van der Waals surface area (Å²) in [5, 5.41) is 0. The summed E-state index contributed by atoms with van der Waals surface area (Å²) in [7, 11) is 3.93. The van der Waals surface area contributed by atoms with E-state index in [1.165, 1.54) is 32.1 Å². The molecule has 0 aliphatic heterocycles. The molecule has 0 aromatic carbocycles. The molecule has 2 N–H and O–H groups in total. The van der Waals surface area contributed by atoms with E-state index in [0.717, 1.165) is 45.2 Å². The summed E-state index contributed by atoms with van der Waals surface area (Å²) in [5.74, 6) is 0.911. The van der Waals surface area contributed by atoms with Crippen molar-refractivity contribution in [3.8, 4) is 0 Å². The molecule has 120 valence electrons. The second kappa shape index (κ2) is 9.72. The van der Waals surface area contributed by atoms with Crippen LogP contribution in [0.2, 0.25) is 0 Å². The van der Waals surface area contributed by atoms with Crippen molar-refractivity contribution < 1.29 is 9.47 Å². The molecule has 0 heterocycles. The highest BCUT2D eigenvalue weighted by Crippen LogP contribution is 2.36. The summed E-state index contributed by atoms with van der Waals surface area (Å²) in [6.07, 6.45) is 7.41. The maximum atomic E-state index is 6.10. The highest BCUT2D eigenvalue weighted by molar-refractivity contribution is 4.94. The van der Waals surface area contributed by atoms with Crippen LogP contribution in [-0.2, 0) is 9.47 Å². The van der Waals surface area contributed by atoms with E-state index < -0.39 is 0 Å². The quantitative estimate of drug-likeness (QED) is 0.626. The summed E-state index contributed by atoms with van der Waals surface area (Å²) < 4.78 is 10.7. The predicted octanol–water partition coefficient (Wildman–Crippen LogP) is 2.27. The maximum absolute atomic E-state index is 6.10. The average Bonchev–Trinajstić information content (AvgIpc) is 2.50. The van der Waals surface area contributed by atoms with Crippen LogP contribution in [0.3, 0.4) is 0 Å². The minimum Gasteiger partial charge on any atom is -0.385 e. The Labute approximate surface area is 125 Å². The molecule has 0 unspecified atom stereocenters. The van der Waals surface area contributed by atoms with Crippen molar-refractivity contribution in [3.05, 3.63) is 0 Å². The third kappa shape index (κ3) is 5.32. The molecule has 0 aromatic heterocycles. The van der Waals surface area contributed by atoms with Gasteiger partial charge in [0.15, 0.2) is 0 Å². The van der Waals surface area contributed by atoms with Crippen molar-refractivity contribution in [3.63, 3.8) is 0 Å². The molecular formula is C16H34N2O2. The Kier molecular flexibility index (Phi) is 8.69. The van der Waals surface area contributed by atoms with Gasteiger partial charge in [0.2, 0.25) is 0 Å². The van der Waals surface area contributed by atoms with Gasteiger partial charge in [-0.05, 0) is 45.1 Å². The Morgan fingerprint density at radius 3 is 2.45 bits per heavy atom. The smallest absolute Gasteiger partial charge is 0.0593 e. The Morgan fingerprint density at radius 2 is 1.90 bits per heavy atom. The fourth-order valence-electron chi connectivity index (χ4n) is 3.21. The van der Waals surface area contributed by atoms with Crippen molar-refractivity contribution in [1.82, 2.24) is 4.90 Å². The van der Waals surface area contributed by atoms with Crippen molar-refractivity contribution in [1.29, 1.82) is 0 Å². The maximum Gasteiger partial charge on any atom is 0.0593 e. The average molecular weight is 286 g/mol. The van der Waals surface area contributed by atoms with Gasteiger partial charge < -0.3 is 15.2 Å². The lowest BCUT2D eigenvalue weighted by Crippen LogP contribution is -2.54. The van der Waals surface area contributed by atoms with E-state index >= 15 is 0 Å². The number of ether oxygens (including phenoxy) is 2. The van der Waals surface area contributed by atoms with Crippen molar-refractivity contribution >= 4 is 0 Å². The largest absolute Gasteiger partial charge is 0.385 e. The molecule has 0 amide bonds. The zero-order valence-corrected chi connectivity index (χ0v) is 13.7. The first-order valence-electron chi connectivity index (χ1n) is 8.16. The van der Waals surface area contributed by atoms with Gasteiger partial charge in [0, 0.05) is 39.0 Å². The van der Waals surface area contributed by atoms with Crippen LogP contribution in [-0.4, -0.2) is 57.5 Å². The summed E-state index contributed by atoms with van der Waals surface area (Å²) in [5.41, 5.74) is 6.31. The van der Waals surface area contributed by atoms with E-state index in [4.69, 9.17) is 15.2 Å². The fourth-order valence-corrected chi connectivity index (χ4v) is 3.21. The topological polar surface area (TPSA) is 47.7 Å². The first-order chi connectivity index (χ1) is 9.68. The van der Waals surface area contributed by atoms with E-state index in [0.29, 0.717) is 0 Å². The lowest BCUT2D eigenvalue weighted by atomic mass is 9.75. The van der Waals surface area contributed by atoms with Crippen LogP contribution in [0, 0.1) is 5.92 Å². The molecule has 1 aliphatic rings. The van der Waals surface area contributed by atoms with E-state index in [9.17, 15) is 0 Å². The number of likely N-dealkylation sites (N-methyl/N-ethyl adjacent to an activating group) is 1. The Morgan fingerprint density at radius 1 is 1.20 bits per heavy atom. The monoisotopic (exact) mass is 286 g/mol. The highest BCUT2D eigenvalue weighted by atomic mass is 16.5. The first kappa shape index (κ1) is 17.9. The normalized spacial score (nSPS) is 27.1. The lowest BCUT2D eigenvalue weighted by Gasteiger charge is -2.46. The second-order valence-corrected chi connectivity index (χ2v) is 6.16. The number of rotatable bonds is 10. The Bertz CT molecular complexity index is 241. The number of nitrogens with two attached hydrogens (primary N) is 1. The third-order valence-corrected chi connectivity index (χ3v) is 5.01. The van der Waals surface area contributed by atoms with Gasteiger partial charge in [-0.25, -0.2) is 0 Å². The summed E-state index contributed by atoms with van der Waals surface area (Å²) in [4.78, 5) is 2.44. The second-order valence-electron chi connectivity index (χ2n) is 6.16. The number of hydrogen-bond donors (Lipinski definition) is 1. The van der Waals surface area contributed by atoms with Crippen LogP contribution in [0.4, 0.5) is 0 Å². The van der Waals surface area contributed by atoms with Gasteiger partial charge in [0.05, 0.1) is 6.61 Å². The van der Waals surface area contributed by atoms with Crippen molar-refractivity contribution in [2.24, 2.45) is 11.7 Å². The van der Waals surface area contributed by atoms with Crippen LogP contribution in [0.1, 0.15) is 45.4 Å². The minimum atomic E-state index is 0.210. The van der Waals surface area contributed by atoms with Crippen LogP contribution in [0.5, 0.6) is 0 Å². The van der Waals surface area contributed by atoms with Gasteiger partial charge in [0.1, 0.15) is 0 Å². The SMILES string of the molecule is CCC1CCC(CN)(N(C)CCOCCCOC)CC1. The first-order valence-corrected chi connectivity index (χ1v) is 8.16. The van der Waals surface area contributed by atoms with E-state index in [1.807, 2.05) is 0 Å². The summed E-state index contributed by atoms with van der Waals surface area (Å²) >= 11 is 0. The lowest BCUT2D eigenvalue weighted by molar-refractivity contribution is 0.0280. The van der Waals surface area contributed by atoms with Gasteiger partial charge in [0.25, 0.3) is 0 Å². The third-order valence-electron chi connectivity index (χ3n) is 5.01. The van der Waals surface area contributed by atoms with E-state index in [-0.39, 0.29) is 5.54 Å². The summed E-state index contributed by atoms with van der Waals surface area (Å²) in [6.45, 7) is 6.40. The Hall–Kier alpha value is -0.160. The molecule has 1 saturated carbocycles. The van der Waals surface area contributed by atoms with E-state index in [1.54, 1.807) is 7.11 Å². The molecule has 0 radical (unpaired) electrons. The van der Waals surface area contributed by atoms with E-state index in [2.05, 4.69) is 18.9 Å². The molecule has 0 spiro atoms. The molecule has 0 bridgehead atoms. The minimum absolute atomic E-state index is 0.210. The standard InChI is InChI=1S/C16H34N2O2/c1-4-15-6-8-16(14-17,9-7-15)18(2)10-13-20-12-5-11-19-3/h15H,4-14,17H2,1-3H3. The molecule has 1 aliphatic carbocycles. The molecular weight excluding hydrogens is 252 g/mol. The van der Waals surface area contributed by atoms with Crippen LogP contribution < -0.4 is 5.73 Å². The van der Waals surface area contributed by atoms with Gasteiger partial charge in [-0.15, -0.1) is 0 Å². The zero-order valence-electron chi connectivity index (χ0n) is 13.7. The van der Waals surface area contributed by atoms with Crippen LogP contribution in [0.25, 0.3) is 0 Å². The molecule has 0 aromatic rings. The highest BCUT2D eigenvalue weighted by Gasteiger charge is 2.36. The molecule has 4 nitrogen and oxygen atoms in total.